The molecule has 34 heavy (non-hydrogen) atoms. The van der Waals surface area contributed by atoms with Gasteiger partial charge in [0.05, 0.1) is 12.3 Å². The van der Waals surface area contributed by atoms with Crippen molar-refractivity contribution >= 4 is 57.2 Å². The summed E-state index contributed by atoms with van der Waals surface area (Å²) in [6.07, 6.45) is 3.05. The van der Waals surface area contributed by atoms with Crippen molar-refractivity contribution in [1.82, 2.24) is 10.7 Å². The molecule has 0 spiro atoms. The van der Waals surface area contributed by atoms with Crippen LogP contribution in [0.4, 0.5) is 5.69 Å². The Morgan fingerprint density at radius 1 is 1.24 bits per heavy atom. The van der Waals surface area contributed by atoms with Crippen molar-refractivity contribution in [1.29, 1.82) is 0 Å². The Labute approximate surface area is 210 Å². The Hall–Kier alpha value is -2.95. The van der Waals surface area contributed by atoms with Gasteiger partial charge in [0.15, 0.2) is 6.61 Å². The van der Waals surface area contributed by atoms with E-state index in [1.807, 2.05) is 6.92 Å². The highest BCUT2D eigenvalue weighted by Gasteiger charge is 2.19. The van der Waals surface area contributed by atoms with Gasteiger partial charge in [-0.3, -0.25) is 14.4 Å². The fourth-order valence-corrected chi connectivity index (χ4v) is 3.66. The Balaban J connectivity index is 1.53. The summed E-state index contributed by atoms with van der Waals surface area (Å²) in [5.74, 6) is -1.70. The van der Waals surface area contributed by atoms with Gasteiger partial charge in [0.25, 0.3) is 5.91 Å². The third kappa shape index (κ3) is 7.82. The third-order valence-electron chi connectivity index (χ3n) is 4.89. The zero-order valence-electron chi connectivity index (χ0n) is 18.4. The van der Waals surface area contributed by atoms with Crippen molar-refractivity contribution in [2.24, 2.45) is 5.10 Å². The minimum absolute atomic E-state index is 0.0679. The molecular weight excluding hydrogens is 528 g/mol. The summed E-state index contributed by atoms with van der Waals surface area (Å²) in [4.78, 5) is 36.2. The molecule has 11 heteroatoms. The number of hydrogen-bond acceptors (Lipinski definition) is 6. The lowest BCUT2D eigenvalue weighted by Crippen LogP contribution is -2.41. The molecule has 1 saturated heterocycles. The van der Waals surface area contributed by atoms with E-state index in [0.717, 1.165) is 22.9 Å². The summed E-state index contributed by atoms with van der Waals surface area (Å²) in [7, 11) is 0. The Bertz CT molecular complexity index is 1090. The first-order valence-electron chi connectivity index (χ1n) is 10.5. The van der Waals surface area contributed by atoms with Gasteiger partial charge >= 0.3 is 11.8 Å². The summed E-state index contributed by atoms with van der Waals surface area (Å²) in [5, 5.41) is 9.61. The van der Waals surface area contributed by atoms with Gasteiger partial charge in [0.1, 0.15) is 5.75 Å². The van der Waals surface area contributed by atoms with Gasteiger partial charge in [-0.15, -0.1) is 0 Å². The molecular formula is C23H24BrClN4O5. The largest absolute Gasteiger partial charge is 0.483 e. The van der Waals surface area contributed by atoms with Crippen LogP contribution in [0.2, 0.25) is 5.02 Å². The molecule has 1 heterocycles. The van der Waals surface area contributed by atoms with Gasteiger partial charge in [0.2, 0.25) is 0 Å². The average molecular weight is 552 g/mol. The third-order valence-corrected chi connectivity index (χ3v) is 5.62. The normalized spacial score (nSPS) is 15.2. The summed E-state index contributed by atoms with van der Waals surface area (Å²) in [5.41, 5.74) is 4.13. The van der Waals surface area contributed by atoms with E-state index in [-0.39, 0.29) is 25.2 Å². The number of carbonyl (C=O) groups excluding carboxylic acids is 3. The first-order valence-corrected chi connectivity index (χ1v) is 11.7. The number of nitrogens with zero attached hydrogens (tertiary/aromatic N) is 1. The Kier molecular flexibility index (Phi) is 9.43. The maximum atomic E-state index is 12.3. The first kappa shape index (κ1) is 25.7. The molecule has 9 nitrogen and oxygen atoms in total. The number of amides is 3. The lowest BCUT2D eigenvalue weighted by Gasteiger charge is -2.12. The zero-order chi connectivity index (χ0) is 24.5. The van der Waals surface area contributed by atoms with E-state index in [2.05, 4.69) is 37.1 Å². The SMILES string of the molecule is Cc1ccc(Cl)cc1NC(=O)COc1ccc(Br)cc1/C=N\NC(=O)C(=O)NC[C@@H]1CCCO1. The Morgan fingerprint density at radius 2 is 2.06 bits per heavy atom. The molecule has 0 saturated carbocycles. The van der Waals surface area contributed by atoms with Crippen molar-refractivity contribution in [3.8, 4) is 5.75 Å². The van der Waals surface area contributed by atoms with Crippen LogP contribution < -0.4 is 20.8 Å². The molecule has 0 radical (unpaired) electrons. The number of rotatable bonds is 8. The highest BCUT2D eigenvalue weighted by molar-refractivity contribution is 9.10. The van der Waals surface area contributed by atoms with Crippen LogP contribution in [0.1, 0.15) is 24.0 Å². The quantitative estimate of drug-likeness (QED) is 0.265. The highest BCUT2D eigenvalue weighted by Crippen LogP contribution is 2.23. The predicted molar refractivity (Wildman–Crippen MR) is 132 cm³/mol. The van der Waals surface area contributed by atoms with E-state index < -0.39 is 11.8 Å². The summed E-state index contributed by atoms with van der Waals surface area (Å²) < 4.78 is 11.8. The smallest absolute Gasteiger partial charge is 0.329 e. The standard InChI is InChI=1S/C23H24BrClN4O5/c1-14-4-6-17(25)10-19(14)28-21(30)13-34-20-7-5-16(24)9-15(20)11-27-29-23(32)22(31)26-12-18-3-2-8-33-18/h4-7,9-11,18H,2-3,8,12-13H2,1H3,(H,26,31)(H,28,30)(H,29,32)/b27-11-/t18-/m0/s1. The van der Waals surface area contributed by atoms with E-state index in [1.165, 1.54) is 6.21 Å². The molecule has 1 aliphatic heterocycles. The van der Waals surface area contributed by atoms with Crippen molar-refractivity contribution < 1.29 is 23.9 Å². The van der Waals surface area contributed by atoms with Crippen molar-refractivity contribution in [2.45, 2.75) is 25.9 Å². The van der Waals surface area contributed by atoms with Gasteiger partial charge in [-0.1, -0.05) is 33.6 Å². The lowest BCUT2D eigenvalue weighted by atomic mass is 10.2. The molecule has 2 aromatic carbocycles. The number of carbonyl (C=O) groups is 3. The number of ether oxygens (including phenoxy) is 2. The van der Waals surface area contributed by atoms with Gasteiger partial charge in [-0.2, -0.15) is 5.10 Å². The molecule has 2 aromatic rings. The maximum absolute atomic E-state index is 12.3. The van der Waals surface area contributed by atoms with Crippen LogP contribution in [0.15, 0.2) is 46.0 Å². The van der Waals surface area contributed by atoms with Crippen molar-refractivity contribution in [3.63, 3.8) is 0 Å². The number of hydrazone groups is 1. The van der Waals surface area contributed by atoms with E-state index in [0.29, 0.717) is 28.6 Å². The Morgan fingerprint density at radius 3 is 2.82 bits per heavy atom. The van der Waals surface area contributed by atoms with Crippen LogP contribution in [0.3, 0.4) is 0 Å². The number of anilines is 1. The average Bonchev–Trinajstić information content (AvgIpc) is 3.33. The second kappa shape index (κ2) is 12.5. The molecule has 0 unspecified atom stereocenters. The van der Waals surface area contributed by atoms with Gasteiger partial charge in [-0.05, 0) is 55.7 Å². The summed E-state index contributed by atoms with van der Waals surface area (Å²) >= 11 is 9.34. The fraction of sp³-hybridized carbons (Fsp3) is 0.304. The highest BCUT2D eigenvalue weighted by atomic mass is 79.9. The summed E-state index contributed by atoms with van der Waals surface area (Å²) in [6, 6.07) is 10.3. The maximum Gasteiger partial charge on any atom is 0.329 e. The molecule has 1 atom stereocenters. The molecule has 180 valence electrons. The monoisotopic (exact) mass is 550 g/mol. The molecule has 0 aliphatic carbocycles. The van der Waals surface area contributed by atoms with Gasteiger partial charge in [-0.25, -0.2) is 5.43 Å². The van der Waals surface area contributed by atoms with Crippen LogP contribution in [0, 0.1) is 6.92 Å². The van der Waals surface area contributed by atoms with Gasteiger partial charge < -0.3 is 20.1 Å². The van der Waals surface area contributed by atoms with E-state index >= 15 is 0 Å². The predicted octanol–water partition coefficient (Wildman–Crippen LogP) is 3.17. The number of aryl methyl sites for hydroxylation is 1. The topological polar surface area (TPSA) is 118 Å². The molecule has 3 amide bonds. The summed E-state index contributed by atoms with van der Waals surface area (Å²) in [6.45, 7) is 2.53. The lowest BCUT2D eigenvalue weighted by molar-refractivity contribution is -0.139. The van der Waals surface area contributed by atoms with Crippen LogP contribution in [-0.2, 0) is 19.1 Å². The van der Waals surface area contributed by atoms with Crippen molar-refractivity contribution in [3.05, 3.63) is 57.0 Å². The minimum atomic E-state index is -0.900. The second-order valence-electron chi connectivity index (χ2n) is 7.52. The fourth-order valence-electron chi connectivity index (χ4n) is 3.11. The number of benzene rings is 2. The van der Waals surface area contributed by atoms with Crippen LogP contribution in [0.5, 0.6) is 5.75 Å². The molecule has 1 aliphatic rings. The molecule has 0 bridgehead atoms. The molecule has 3 rings (SSSR count). The second-order valence-corrected chi connectivity index (χ2v) is 8.87. The minimum Gasteiger partial charge on any atom is -0.483 e. The number of halogens is 2. The van der Waals surface area contributed by atoms with Gasteiger partial charge in [0, 0.05) is 33.9 Å². The molecule has 0 aromatic heterocycles. The van der Waals surface area contributed by atoms with E-state index in [4.69, 9.17) is 21.1 Å². The van der Waals surface area contributed by atoms with Crippen LogP contribution in [-0.4, -0.2) is 49.8 Å². The molecule has 3 N–H and O–H groups in total. The van der Waals surface area contributed by atoms with Crippen LogP contribution in [0.25, 0.3) is 0 Å². The molecule has 1 fully saturated rings. The van der Waals surface area contributed by atoms with E-state index in [9.17, 15) is 14.4 Å². The van der Waals surface area contributed by atoms with Crippen molar-refractivity contribution in [2.75, 3.05) is 25.1 Å². The number of hydrogen-bond donors (Lipinski definition) is 3. The zero-order valence-corrected chi connectivity index (χ0v) is 20.7. The van der Waals surface area contributed by atoms with Crippen LogP contribution >= 0.6 is 27.5 Å². The number of nitrogens with one attached hydrogen (secondary N) is 3. The first-order chi connectivity index (χ1) is 16.3. The van der Waals surface area contributed by atoms with E-state index in [1.54, 1.807) is 36.4 Å².